The Morgan fingerprint density at radius 1 is 1.20 bits per heavy atom. The maximum absolute atomic E-state index is 12.0. The minimum atomic E-state index is -4.60. The highest BCUT2D eigenvalue weighted by atomic mass is 79.9. The van der Waals surface area contributed by atoms with Crippen LogP contribution in [0.3, 0.4) is 0 Å². The molecule has 11 heteroatoms. The third-order valence-corrected chi connectivity index (χ3v) is 3.71. The molecule has 1 heterocycles. The molecule has 1 aromatic carbocycles. The van der Waals surface area contributed by atoms with Gasteiger partial charge in [-0.3, -0.25) is 10.1 Å². The number of benzene rings is 1. The van der Waals surface area contributed by atoms with Crippen molar-refractivity contribution in [2.45, 2.75) is 6.18 Å². The SMILES string of the molecule is O=C(COC(=O)c1[nH]c2ccccc2c1Br)NC(=O)NCC(F)(F)F. The Hall–Kier alpha value is -2.56. The van der Waals surface area contributed by atoms with Crippen molar-refractivity contribution in [2.75, 3.05) is 13.2 Å². The number of aromatic amines is 1. The first-order valence-corrected chi connectivity index (χ1v) is 7.54. The van der Waals surface area contributed by atoms with E-state index in [2.05, 4.69) is 20.9 Å². The average Bonchev–Trinajstić information content (AvgIpc) is 2.87. The van der Waals surface area contributed by atoms with Crippen molar-refractivity contribution >= 4 is 44.7 Å². The molecule has 3 amide bonds. The molecule has 2 rings (SSSR count). The molecule has 0 radical (unpaired) electrons. The van der Waals surface area contributed by atoms with Crippen LogP contribution in [0.5, 0.6) is 0 Å². The fraction of sp³-hybridized carbons (Fsp3) is 0.214. The summed E-state index contributed by atoms with van der Waals surface area (Å²) in [5.74, 6) is -1.94. The molecule has 2 aromatic rings. The summed E-state index contributed by atoms with van der Waals surface area (Å²) < 4.78 is 40.9. The van der Waals surface area contributed by atoms with E-state index >= 15 is 0 Å². The number of ether oxygens (including phenoxy) is 1. The quantitative estimate of drug-likeness (QED) is 0.660. The van der Waals surface area contributed by atoms with Gasteiger partial charge in [0.2, 0.25) is 0 Å². The number of nitrogens with one attached hydrogen (secondary N) is 3. The highest BCUT2D eigenvalue weighted by Gasteiger charge is 2.28. The van der Waals surface area contributed by atoms with Crippen molar-refractivity contribution in [2.24, 2.45) is 0 Å². The number of hydrogen-bond donors (Lipinski definition) is 3. The molecule has 134 valence electrons. The molecular weight excluding hydrogens is 411 g/mol. The number of H-pyrrole nitrogens is 1. The van der Waals surface area contributed by atoms with E-state index in [1.54, 1.807) is 29.6 Å². The fourth-order valence-electron chi connectivity index (χ4n) is 1.84. The smallest absolute Gasteiger partial charge is 0.405 e. The van der Waals surface area contributed by atoms with Gasteiger partial charge in [0.25, 0.3) is 5.91 Å². The van der Waals surface area contributed by atoms with Crippen LogP contribution in [0, 0.1) is 0 Å². The predicted molar refractivity (Wildman–Crippen MR) is 83.9 cm³/mol. The fourth-order valence-corrected chi connectivity index (χ4v) is 2.45. The number of aromatic nitrogens is 1. The zero-order valence-corrected chi connectivity index (χ0v) is 14.0. The van der Waals surface area contributed by atoms with Gasteiger partial charge in [-0.2, -0.15) is 13.2 Å². The number of amides is 3. The largest absolute Gasteiger partial charge is 0.451 e. The van der Waals surface area contributed by atoms with Gasteiger partial charge in [0, 0.05) is 10.9 Å². The van der Waals surface area contributed by atoms with E-state index in [-0.39, 0.29) is 5.69 Å². The second kappa shape index (κ2) is 7.55. The number of carbonyl (C=O) groups is 3. The topological polar surface area (TPSA) is 100 Å². The van der Waals surface area contributed by atoms with E-state index in [1.807, 2.05) is 0 Å². The summed E-state index contributed by atoms with van der Waals surface area (Å²) in [6, 6.07) is 5.67. The van der Waals surface area contributed by atoms with Gasteiger partial charge in [-0.1, -0.05) is 18.2 Å². The number of imide groups is 1. The number of hydrogen-bond acceptors (Lipinski definition) is 4. The molecule has 0 atom stereocenters. The van der Waals surface area contributed by atoms with Crippen molar-refractivity contribution in [3.63, 3.8) is 0 Å². The molecule has 1 aromatic heterocycles. The van der Waals surface area contributed by atoms with Gasteiger partial charge in [0.1, 0.15) is 12.2 Å². The zero-order chi connectivity index (χ0) is 18.6. The van der Waals surface area contributed by atoms with Gasteiger partial charge in [-0.25, -0.2) is 9.59 Å². The second-order valence-corrected chi connectivity index (χ2v) is 5.57. The third kappa shape index (κ3) is 5.21. The number of rotatable bonds is 4. The summed E-state index contributed by atoms with van der Waals surface area (Å²) in [6.45, 7) is -2.42. The number of alkyl halides is 3. The normalized spacial score (nSPS) is 11.2. The Bertz CT molecular complexity index is 819. The highest BCUT2D eigenvalue weighted by molar-refractivity contribution is 9.10. The minimum absolute atomic E-state index is 0.0653. The molecule has 0 unspecified atom stereocenters. The van der Waals surface area contributed by atoms with E-state index in [1.165, 1.54) is 5.32 Å². The van der Waals surface area contributed by atoms with Crippen LogP contribution in [0.2, 0.25) is 0 Å². The molecule has 0 bridgehead atoms. The first-order valence-electron chi connectivity index (χ1n) is 6.75. The maximum Gasteiger partial charge on any atom is 0.405 e. The summed E-state index contributed by atoms with van der Waals surface area (Å²) in [5, 5.41) is 3.79. The Labute approximate surface area is 147 Å². The van der Waals surface area contributed by atoms with Crippen molar-refractivity contribution in [1.82, 2.24) is 15.6 Å². The molecule has 0 aliphatic carbocycles. The summed E-state index contributed by atoms with van der Waals surface area (Å²) in [7, 11) is 0. The molecule has 3 N–H and O–H groups in total. The van der Waals surface area contributed by atoms with Crippen LogP contribution in [0.4, 0.5) is 18.0 Å². The van der Waals surface area contributed by atoms with Crippen molar-refractivity contribution in [1.29, 1.82) is 0 Å². The van der Waals surface area contributed by atoms with E-state index in [0.29, 0.717) is 9.99 Å². The average molecular weight is 422 g/mol. The third-order valence-electron chi connectivity index (χ3n) is 2.88. The number of fused-ring (bicyclic) bond motifs is 1. The number of halogens is 4. The highest BCUT2D eigenvalue weighted by Crippen LogP contribution is 2.28. The van der Waals surface area contributed by atoms with Crippen molar-refractivity contribution < 1.29 is 32.3 Å². The Balaban J connectivity index is 1.87. The lowest BCUT2D eigenvalue weighted by molar-refractivity contribution is -0.125. The van der Waals surface area contributed by atoms with Gasteiger partial charge < -0.3 is 15.0 Å². The van der Waals surface area contributed by atoms with Gasteiger partial charge >= 0.3 is 18.2 Å². The molecule has 0 saturated carbocycles. The van der Waals surface area contributed by atoms with E-state index in [0.717, 1.165) is 5.39 Å². The van der Waals surface area contributed by atoms with Gasteiger partial charge in [0.05, 0.1) is 4.47 Å². The lowest BCUT2D eigenvalue weighted by atomic mass is 10.2. The minimum Gasteiger partial charge on any atom is -0.451 e. The molecular formula is C14H11BrF3N3O4. The Morgan fingerprint density at radius 2 is 1.88 bits per heavy atom. The van der Waals surface area contributed by atoms with Crippen LogP contribution in [0.15, 0.2) is 28.7 Å². The van der Waals surface area contributed by atoms with Crippen LogP contribution < -0.4 is 10.6 Å². The van der Waals surface area contributed by atoms with E-state index in [9.17, 15) is 27.6 Å². The predicted octanol–water partition coefficient (Wildman–Crippen LogP) is 2.48. The molecule has 7 nitrogen and oxygen atoms in total. The lowest BCUT2D eigenvalue weighted by Gasteiger charge is -2.09. The second-order valence-electron chi connectivity index (χ2n) is 4.78. The van der Waals surface area contributed by atoms with E-state index < -0.39 is 37.2 Å². The summed E-state index contributed by atoms with van der Waals surface area (Å²) >= 11 is 3.24. The standard InChI is InChI=1S/C14H11BrF3N3O4/c15-10-7-3-1-2-4-8(7)20-11(10)12(23)25-5-9(22)21-13(24)19-6-14(16,17)18/h1-4,20H,5-6H2,(H2,19,21,22,24). The molecule has 0 aliphatic rings. The summed E-state index contributed by atoms with van der Waals surface area (Å²) in [5.41, 5.74) is 0.729. The van der Waals surface area contributed by atoms with Gasteiger partial charge in [0.15, 0.2) is 6.61 Å². The molecule has 0 fully saturated rings. The first-order chi connectivity index (χ1) is 11.7. The van der Waals surface area contributed by atoms with Gasteiger partial charge in [-0.15, -0.1) is 0 Å². The number of carbonyl (C=O) groups excluding carboxylic acids is 3. The molecule has 0 spiro atoms. The molecule has 0 aliphatic heterocycles. The Morgan fingerprint density at radius 3 is 2.52 bits per heavy atom. The number of esters is 1. The Kier molecular flexibility index (Phi) is 5.67. The number of urea groups is 1. The van der Waals surface area contributed by atoms with Crippen LogP contribution in [0.1, 0.15) is 10.5 Å². The van der Waals surface area contributed by atoms with Crippen LogP contribution in [-0.2, 0) is 9.53 Å². The van der Waals surface area contributed by atoms with Crippen LogP contribution in [0.25, 0.3) is 10.9 Å². The van der Waals surface area contributed by atoms with Crippen molar-refractivity contribution in [3.8, 4) is 0 Å². The zero-order valence-electron chi connectivity index (χ0n) is 12.4. The number of para-hydroxylation sites is 1. The van der Waals surface area contributed by atoms with Gasteiger partial charge in [-0.05, 0) is 22.0 Å². The maximum atomic E-state index is 12.0. The van der Waals surface area contributed by atoms with Crippen molar-refractivity contribution in [3.05, 3.63) is 34.4 Å². The lowest BCUT2D eigenvalue weighted by Crippen LogP contribution is -2.44. The summed E-state index contributed by atoms with van der Waals surface area (Å²) in [6.07, 6.45) is -4.60. The van der Waals surface area contributed by atoms with Crippen LogP contribution >= 0.6 is 15.9 Å². The molecule has 0 saturated heterocycles. The van der Waals surface area contributed by atoms with E-state index in [4.69, 9.17) is 4.74 Å². The molecule has 25 heavy (non-hydrogen) atoms. The monoisotopic (exact) mass is 421 g/mol. The first kappa shape index (κ1) is 18.8. The summed E-state index contributed by atoms with van der Waals surface area (Å²) in [4.78, 5) is 37.3. The van der Waals surface area contributed by atoms with Crippen LogP contribution in [-0.4, -0.2) is 42.2 Å².